The maximum atomic E-state index is 12.5. The second-order valence-corrected chi connectivity index (χ2v) is 5.46. The molecule has 4 heteroatoms. The molecule has 0 amide bonds. The Morgan fingerprint density at radius 3 is 2.38 bits per heavy atom. The Balaban J connectivity index is 2.42. The Bertz CT molecular complexity index is 797. The smallest absolute Gasteiger partial charge is 0.252 e. The van der Waals surface area contributed by atoms with Crippen LogP contribution >= 0.6 is 0 Å². The van der Waals surface area contributed by atoms with Gasteiger partial charge in [-0.1, -0.05) is 32.6 Å². The Hall–Kier alpha value is -2.67. The van der Waals surface area contributed by atoms with Gasteiger partial charge in [0.1, 0.15) is 17.2 Å². The third-order valence-electron chi connectivity index (χ3n) is 3.53. The molecule has 0 bridgehead atoms. The van der Waals surface area contributed by atoms with Crippen LogP contribution in [0, 0.1) is 12.1 Å². The molecule has 0 unspecified atom stereocenters. The van der Waals surface area contributed by atoms with Gasteiger partial charge in [0, 0.05) is 28.8 Å². The van der Waals surface area contributed by atoms with Gasteiger partial charge in [-0.3, -0.25) is 14.2 Å². The summed E-state index contributed by atoms with van der Waals surface area (Å²) in [5, 5.41) is 0. The van der Waals surface area contributed by atoms with Crippen LogP contribution in [-0.4, -0.2) is 21.1 Å². The van der Waals surface area contributed by atoms with Crippen molar-refractivity contribution >= 4 is 17.3 Å². The molecule has 1 aliphatic carbocycles. The van der Waals surface area contributed by atoms with Crippen LogP contribution in [0.5, 0.6) is 0 Å². The first-order chi connectivity index (χ1) is 9.93. The van der Waals surface area contributed by atoms with E-state index in [1.807, 2.05) is 13.8 Å². The minimum atomic E-state index is -0.542. The highest BCUT2D eigenvalue weighted by Gasteiger charge is 2.36. The van der Waals surface area contributed by atoms with Gasteiger partial charge in [-0.25, -0.2) is 4.98 Å². The van der Waals surface area contributed by atoms with Crippen LogP contribution < -0.4 is 0 Å². The maximum Gasteiger partial charge on any atom is 0.252 e. The first kappa shape index (κ1) is 13.3. The summed E-state index contributed by atoms with van der Waals surface area (Å²) < 4.78 is 1.69. The molecule has 0 saturated carbocycles. The van der Waals surface area contributed by atoms with Crippen molar-refractivity contribution in [3.63, 3.8) is 0 Å². The first-order valence-corrected chi connectivity index (χ1v) is 6.73. The van der Waals surface area contributed by atoms with Crippen LogP contribution in [0.25, 0.3) is 17.0 Å². The van der Waals surface area contributed by atoms with E-state index in [1.165, 1.54) is 6.07 Å². The number of hydrogen-bond donors (Lipinski definition) is 0. The average molecular weight is 278 g/mol. The molecular weight excluding hydrogens is 264 g/mol. The highest BCUT2D eigenvalue weighted by molar-refractivity contribution is 6.52. The van der Waals surface area contributed by atoms with Gasteiger partial charge < -0.3 is 0 Å². The molecular formula is C17H14N2O2. The molecule has 1 heterocycles. The summed E-state index contributed by atoms with van der Waals surface area (Å²) in [5.41, 5.74) is 2.49. The molecule has 0 spiro atoms. The van der Waals surface area contributed by atoms with Crippen LogP contribution in [-0.2, 0) is 0 Å². The van der Waals surface area contributed by atoms with Gasteiger partial charge in [-0.05, 0) is 13.0 Å². The van der Waals surface area contributed by atoms with E-state index in [0.717, 1.165) is 5.82 Å². The topological polar surface area (TPSA) is 52.0 Å². The fraction of sp³-hybridized carbons (Fsp3) is 0.235. The zero-order chi connectivity index (χ0) is 15.3. The number of imidazole rings is 1. The SMILES string of the molecule is C=C(C)n1c(C(C)C)nc2c1C(=O)C(=O)c1cc#ccc1-2. The van der Waals surface area contributed by atoms with Gasteiger partial charge in [0.2, 0.25) is 5.78 Å². The van der Waals surface area contributed by atoms with Crippen LogP contribution in [0.1, 0.15) is 53.4 Å². The molecule has 0 saturated heterocycles. The van der Waals surface area contributed by atoms with Gasteiger partial charge in [0.15, 0.2) is 0 Å². The van der Waals surface area contributed by atoms with Crippen molar-refractivity contribution < 1.29 is 9.59 Å². The van der Waals surface area contributed by atoms with E-state index in [-0.39, 0.29) is 5.92 Å². The fourth-order valence-corrected chi connectivity index (χ4v) is 2.61. The van der Waals surface area contributed by atoms with Gasteiger partial charge in [-0.15, -0.1) is 0 Å². The third-order valence-corrected chi connectivity index (χ3v) is 3.53. The highest BCUT2D eigenvalue weighted by Crippen LogP contribution is 2.35. The molecule has 0 N–H and O–H groups in total. The van der Waals surface area contributed by atoms with Crippen LogP contribution in [0.15, 0.2) is 18.7 Å². The Morgan fingerprint density at radius 1 is 1.19 bits per heavy atom. The fourth-order valence-electron chi connectivity index (χ4n) is 2.61. The minimum absolute atomic E-state index is 0.109. The van der Waals surface area contributed by atoms with Crippen LogP contribution in [0.2, 0.25) is 0 Å². The van der Waals surface area contributed by atoms with Crippen molar-refractivity contribution in [1.29, 1.82) is 0 Å². The number of hydrogen-bond acceptors (Lipinski definition) is 3. The Kier molecular flexibility index (Phi) is 2.80. The summed E-state index contributed by atoms with van der Waals surface area (Å²) >= 11 is 0. The van der Waals surface area contributed by atoms with E-state index in [0.29, 0.717) is 28.2 Å². The Morgan fingerprint density at radius 2 is 1.81 bits per heavy atom. The molecule has 21 heavy (non-hydrogen) atoms. The number of nitrogens with zero attached hydrogens (tertiary/aromatic N) is 2. The molecule has 1 aromatic carbocycles. The summed E-state index contributed by atoms with van der Waals surface area (Å²) in [5.74, 6) is -0.229. The molecule has 1 aromatic heterocycles. The van der Waals surface area contributed by atoms with E-state index < -0.39 is 11.6 Å². The van der Waals surface area contributed by atoms with E-state index in [1.54, 1.807) is 17.6 Å². The molecule has 0 radical (unpaired) electrons. The van der Waals surface area contributed by atoms with Crippen LogP contribution in [0.4, 0.5) is 0 Å². The predicted octanol–water partition coefficient (Wildman–Crippen LogP) is 3.14. The van der Waals surface area contributed by atoms with Crippen molar-refractivity contribution in [3.8, 4) is 11.3 Å². The standard InChI is InChI=1S/C17H14N2O2/c1-9(2)17-18-13-11-7-5-6-8-12(11)15(20)16(21)14(13)19(17)10(3)4/h7-9H,3H2,1-2,4H3. The maximum absolute atomic E-state index is 12.5. The minimum Gasteiger partial charge on any atom is -0.297 e. The zero-order valence-corrected chi connectivity index (χ0v) is 12.2. The lowest BCUT2D eigenvalue weighted by Gasteiger charge is -2.15. The molecule has 3 rings (SSSR count). The number of carbonyl (C=O) groups is 2. The summed E-state index contributed by atoms with van der Waals surface area (Å²) in [6.07, 6.45) is 0. The third kappa shape index (κ3) is 1.74. The lowest BCUT2D eigenvalue weighted by molar-refractivity contribution is 0.0811. The highest BCUT2D eigenvalue weighted by atomic mass is 16.2. The van der Waals surface area contributed by atoms with Crippen LogP contribution in [0.3, 0.4) is 0 Å². The quantitative estimate of drug-likeness (QED) is 0.793. The number of carbonyl (C=O) groups excluding carboxylic acids is 2. The van der Waals surface area contributed by atoms with Crippen molar-refractivity contribution in [2.24, 2.45) is 0 Å². The van der Waals surface area contributed by atoms with Gasteiger partial charge in [0.25, 0.3) is 5.78 Å². The summed E-state index contributed by atoms with van der Waals surface area (Å²) in [6.45, 7) is 9.69. The number of fused-ring (bicyclic) bond motifs is 3. The first-order valence-electron chi connectivity index (χ1n) is 6.73. The molecule has 0 atom stereocenters. The second kappa shape index (κ2) is 4.42. The lowest BCUT2D eigenvalue weighted by atomic mass is 9.91. The lowest BCUT2D eigenvalue weighted by Crippen LogP contribution is -2.23. The molecule has 1 aliphatic rings. The molecule has 0 fully saturated rings. The van der Waals surface area contributed by atoms with Gasteiger partial charge in [0.05, 0.1) is 0 Å². The number of ketones is 2. The van der Waals surface area contributed by atoms with E-state index in [2.05, 4.69) is 23.7 Å². The monoisotopic (exact) mass is 278 g/mol. The van der Waals surface area contributed by atoms with Crippen molar-refractivity contribution in [1.82, 2.24) is 9.55 Å². The summed E-state index contributed by atoms with van der Waals surface area (Å²) in [6, 6.07) is 8.69. The number of allylic oxidation sites excluding steroid dienone is 1. The number of Topliss-reactive ketones (excluding diaryl/α,β-unsaturated/α-hetero) is 2. The van der Waals surface area contributed by atoms with E-state index in [4.69, 9.17) is 0 Å². The van der Waals surface area contributed by atoms with E-state index >= 15 is 0 Å². The molecule has 4 nitrogen and oxygen atoms in total. The number of rotatable bonds is 2. The number of aromatic nitrogens is 2. The Labute approximate surface area is 123 Å². The van der Waals surface area contributed by atoms with Crippen molar-refractivity contribution in [2.75, 3.05) is 0 Å². The summed E-state index contributed by atoms with van der Waals surface area (Å²) in [4.78, 5) is 29.3. The predicted molar refractivity (Wildman–Crippen MR) is 79.1 cm³/mol. The summed E-state index contributed by atoms with van der Waals surface area (Å²) in [7, 11) is 0. The van der Waals surface area contributed by atoms with Crippen molar-refractivity contribution in [2.45, 2.75) is 26.7 Å². The molecule has 2 aromatic rings. The van der Waals surface area contributed by atoms with E-state index in [9.17, 15) is 9.59 Å². The van der Waals surface area contributed by atoms with Crippen molar-refractivity contribution in [3.05, 3.63) is 47.9 Å². The molecule has 0 aliphatic heterocycles. The zero-order valence-electron chi connectivity index (χ0n) is 12.2. The molecule has 104 valence electrons. The largest absolute Gasteiger partial charge is 0.297 e. The van der Waals surface area contributed by atoms with Gasteiger partial charge >= 0.3 is 0 Å². The normalized spacial score (nSPS) is 13.0. The second-order valence-electron chi connectivity index (χ2n) is 5.46. The van der Waals surface area contributed by atoms with Gasteiger partial charge in [-0.2, -0.15) is 0 Å². The average Bonchev–Trinajstić information content (AvgIpc) is 2.86.